The number of nitrogens with one attached hydrogen (secondary N) is 1. The van der Waals surface area contributed by atoms with Crippen LogP contribution in [0.4, 0.5) is 5.69 Å². The SMILES string of the molecule is CC(c1cccc([N+](=O)[O-])c1)N1CCC(NC(=O)c2cnn(C)c2)CC1. The fraction of sp³-hybridized carbons (Fsp3) is 0.444. The van der Waals surface area contributed by atoms with Crippen molar-refractivity contribution >= 4 is 11.6 Å². The average molecular weight is 357 g/mol. The summed E-state index contributed by atoms with van der Waals surface area (Å²) in [5.74, 6) is -0.0942. The van der Waals surface area contributed by atoms with Crippen molar-refractivity contribution in [3.05, 3.63) is 57.9 Å². The minimum absolute atomic E-state index is 0.0942. The lowest BCUT2D eigenvalue weighted by Gasteiger charge is -2.36. The van der Waals surface area contributed by atoms with E-state index in [1.165, 1.54) is 6.07 Å². The number of carbonyl (C=O) groups excluding carboxylic acids is 1. The van der Waals surface area contributed by atoms with Crippen molar-refractivity contribution in [2.24, 2.45) is 7.05 Å². The highest BCUT2D eigenvalue weighted by molar-refractivity contribution is 5.93. The van der Waals surface area contributed by atoms with Crippen LogP contribution in [0.1, 0.15) is 41.7 Å². The molecule has 0 aliphatic carbocycles. The quantitative estimate of drug-likeness (QED) is 0.654. The lowest BCUT2D eigenvalue weighted by Crippen LogP contribution is -2.45. The van der Waals surface area contributed by atoms with Crippen LogP contribution in [0.3, 0.4) is 0 Å². The molecule has 8 heteroatoms. The van der Waals surface area contributed by atoms with Gasteiger partial charge in [0.15, 0.2) is 0 Å². The van der Waals surface area contributed by atoms with Gasteiger partial charge in [-0.1, -0.05) is 12.1 Å². The first-order valence-corrected chi connectivity index (χ1v) is 8.72. The predicted octanol–water partition coefficient (Wildman–Crippen LogP) is 2.28. The van der Waals surface area contributed by atoms with Crippen LogP contribution < -0.4 is 5.32 Å². The van der Waals surface area contributed by atoms with Crippen molar-refractivity contribution in [2.75, 3.05) is 13.1 Å². The number of aromatic nitrogens is 2. The summed E-state index contributed by atoms with van der Waals surface area (Å²) >= 11 is 0. The first-order chi connectivity index (χ1) is 12.4. The Kier molecular flexibility index (Phi) is 5.32. The molecule has 1 aromatic carbocycles. The van der Waals surface area contributed by atoms with E-state index in [-0.39, 0.29) is 28.6 Å². The molecule has 1 saturated heterocycles. The number of nitro benzene ring substituents is 1. The van der Waals surface area contributed by atoms with Gasteiger partial charge in [0.05, 0.1) is 16.7 Å². The maximum absolute atomic E-state index is 12.2. The van der Waals surface area contributed by atoms with Crippen LogP contribution in [0, 0.1) is 10.1 Å². The molecule has 1 amide bonds. The number of aryl methyl sites for hydroxylation is 1. The van der Waals surface area contributed by atoms with Gasteiger partial charge in [-0.15, -0.1) is 0 Å². The fourth-order valence-electron chi connectivity index (χ4n) is 3.35. The Labute approximate surface area is 151 Å². The summed E-state index contributed by atoms with van der Waals surface area (Å²) in [5.41, 5.74) is 1.63. The summed E-state index contributed by atoms with van der Waals surface area (Å²) in [6, 6.07) is 7.04. The van der Waals surface area contributed by atoms with E-state index < -0.39 is 0 Å². The van der Waals surface area contributed by atoms with E-state index >= 15 is 0 Å². The summed E-state index contributed by atoms with van der Waals surface area (Å²) in [6.07, 6.45) is 4.97. The number of likely N-dealkylation sites (tertiary alicyclic amines) is 1. The van der Waals surface area contributed by atoms with Crippen molar-refractivity contribution in [3.63, 3.8) is 0 Å². The third kappa shape index (κ3) is 4.08. The first-order valence-electron chi connectivity index (χ1n) is 8.72. The van der Waals surface area contributed by atoms with E-state index in [1.54, 1.807) is 36.3 Å². The number of nitrogens with zero attached hydrogens (tertiary/aromatic N) is 4. The largest absolute Gasteiger partial charge is 0.349 e. The van der Waals surface area contributed by atoms with Gasteiger partial charge in [-0.05, 0) is 25.3 Å². The van der Waals surface area contributed by atoms with E-state index in [4.69, 9.17) is 0 Å². The molecule has 138 valence electrons. The van der Waals surface area contributed by atoms with Crippen molar-refractivity contribution in [1.82, 2.24) is 20.0 Å². The van der Waals surface area contributed by atoms with Crippen LogP contribution in [-0.2, 0) is 7.05 Å². The molecule has 0 saturated carbocycles. The molecule has 0 spiro atoms. The summed E-state index contributed by atoms with van der Waals surface area (Å²) < 4.78 is 1.61. The highest BCUT2D eigenvalue weighted by Gasteiger charge is 2.25. The molecule has 1 N–H and O–H groups in total. The summed E-state index contributed by atoms with van der Waals surface area (Å²) in [5, 5.41) is 18.0. The number of hydrogen-bond donors (Lipinski definition) is 1. The molecule has 1 unspecified atom stereocenters. The molecule has 3 rings (SSSR count). The van der Waals surface area contributed by atoms with Crippen LogP contribution in [0.5, 0.6) is 0 Å². The van der Waals surface area contributed by atoms with Gasteiger partial charge in [0.25, 0.3) is 11.6 Å². The summed E-state index contributed by atoms with van der Waals surface area (Å²) in [4.78, 5) is 25.1. The molecule has 0 bridgehead atoms. The first kappa shape index (κ1) is 18.1. The zero-order valence-electron chi connectivity index (χ0n) is 15.0. The molecular formula is C18H23N5O3. The Morgan fingerprint density at radius 2 is 2.12 bits per heavy atom. The van der Waals surface area contributed by atoms with E-state index in [2.05, 4.69) is 22.2 Å². The van der Waals surface area contributed by atoms with Crippen LogP contribution in [0.15, 0.2) is 36.7 Å². The number of hydrogen-bond acceptors (Lipinski definition) is 5. The molecule has 1 fully saturated rings. The maximum atomic E-state index is 12.2. The second kappa shape index (κ2) is 7.65. The Bertz CT molecular complexity index is 796. The van der Waals surface area contributed by atoms with Gasteiger partial charge in [-0.2, -0.15) is 5.10 Å². The topological polar surface area (TPSA) is 93.3 Å². The van der Waals surface area contributed by atoms with E-state index in [0.717, 1.165) is 31.5 Å². The van der Waals surface area contributed by atoms with E-state index in [0.29, 0.717) is 5.56 Å². The van der Waals surface area contributed by atoms with Gasteiger partial charge in [0.1, 0.15) is 0 Å². The standard InChI is InChI=1S/C18H23N5O3/c1-13(14-4-3-5-17(10-14)23(25)26)22-8-6-16(7-9-22)20-18(24)15-11-19-21(2)12-15/h3-5,10-13,16H,6-9H2,1-2H3,(H,20,24). The molecule has 2 heterocycles. The number of carbonyl (C=O) groups is 1. The average Bonchev–Trinajstić information content (AvgIpc) is 3.08. The Hall–Kier alpha value is -2.74. The number of amides is 1. The second-order valence-corrected chi connectivity index (χ2v) is 6.71. The molecule has 8 nitrogen and oxygen atoms in total. The summed E-state index contributed by atoms with van der Waals surface area (Å²) in [6.45, 7) is 3.73. The number of non-ortho nitro benzene ring substituents is 1. The molecule has 26 heavy (non-hydrogen) atoms. The molecule has 0 radical (unpaired) electrons. The Morgan fingerprint density at radius 3 is 2.73 bits per heavy atom. The lowest BCUT2D eigenvalue weighted by atomic mass is 9.99. The molecular weight excluding hydrogens is 334 g/mol. The van der Waals surface area contributed by atoms with Gasteiger partial charge in [0, 0.05) is 50.6 Å². The van der Waals surface area contributed by atoms with Gasteiger partial charge in [0.2, 0.25) is 0 Å². The number of piperidine rings is 1. The van der Waals surface area contributed by atoms with E-state index in [9.17, 15) is 14.9 Å². The normalized spacial score (nSPS) is 17.0. The highest BCUT2D eigenvalue weighted by Crippen LogP contribution is 2.26. The molecule has 1 aromatic heterocycles. The van der Waals surface area contributed by atoms with E-state index in [1.807, 2.05) is 6.07 Å². The van der Waals surface area contributed by atoms with Gasteiger partial charge >= 0.3 is 0 Å². The van der Waals surface area contributed by atoms with Crippen molar-refractivity contribution < 1.29 is 9.72 Å². The highest BCUT2D eigenvalue weighted by atomic mass is 16.6. The number of benzene rings is 1. The van der Waals surface area contributed by atoms with Gasteiger partial charge in [-0.25, -0.2) is 0 Å². The lowest BCUT2D eigenvalue weighted by molar-refractivity contribution is -0.385. The Morgan fingerprint density at radius 1 is 1.38 bits per heavy atom. The zero-order chi connectivity index (χ0) is 18.7. The molecule has 1 aliphatic heterocycles. The van der Waals surface area contributed by atoms with Crippen LogP contribution >= 0.6 is 0 Å². The number of rotatable bonds is 5. The van der Waals surface area contributed by atoms with Crippen molar-refractivity contribution in [2.45, 2.75) is 31.8 Å². The monoisotopic (exact) mass is 357 g/mol. The minimum atomic E-state index is -0.365. The predicted molar refractivity (Wildman–Crippen MR) is 96.8 cm³/mol. The van der Waals surface area contributed by atoms with Crippen LogP contribution in [0.25, 0.3) is 0 Å². The second-order valence-electron chi connectivity index (χ2n) is 6.71. The Balaban J connectivity index is 1.55. The molecule has 2 aromatic rings. The maximum Gasteiger partial charge on any atom is 0.269 e. The van der Waals surface area contributed by atoms with Crippen LogP contribution in [-0.4, -0.2) is 44.6 Å². The smallest absolute Gasteiger partial charge is 0.269 e. The summed E-state index contributed by atoms with van der Waals surface area (Å²) in [7, 11) is 1.78. The molecule has 1 aliphatic rings. The van der Waals surface area contributed by atoms with Crippen molar-refractivity contribution in [3.8, 4) is 0 Å². The van der Waals surface area contributed by atoms with Gasteiger partial charge < -0.3 is 5.32 Å². The third-order valence-electron chi connectivity index (χ3n) is 4.94. The van der Waals surface area contributed by atoms with Crippen molar-refractivity contribution in [1.29, 1.82) is 0 Å². The zero-order valence-corrected chi connectivity index (χ0v) is 15.0. The fourth-order valence-corrected chi connectivity index (χ4v) is 3.35. The molecule has 1 atom stereocenters. The third-order valence-corrected chi connectivity index (χ3v) is 4.94. The minimum Gasteiger partial charge on any atom is -0.349 e. The van der Waals surface area contributed by atoms with Gasteiger partial charge in [-0.3, -0.25) is 24.5 Å². The van der Waals surface area contributed by atoms with Crippen LogP contribution in [0.2, 0.25) is 0 Å². The number of nitro groups is 1.